The van der Waals surface area contributed by atoms with Crippen molar-refractivity contribution in [3.8, 4) is 0 Å². The lowest BCUT2D eigenvalue weighted by Gasteiger charge is -2.05. The van der Waals surface area contributed by atoms with Gasteiger partial charge in [0, 0.05) is 38.7 Å². The van der Waals surface area contributed by atoms with Crippen LogP contribution < -0.4 is 10.5 Å². The Hall–Kier alpha value is -1.87. The van der Waals surface area contributed by atoms with Crippen molar-refractivity contribution in [2.45, 2.75) is 24.3 Å². The summed E-state index contributed by atoms with van der Waals surface area (Å²) in [5.41, 5.74) is 5.56. The zero-order valence-electron chi connectivity index (χ0n) is 11.2. The fourth-order valence-electron chi connectivity index (χ4n) is 1.81. The Balaban J connectivity index is 1.79. The quantitative estimate of drug-likeness (QED) is 0.697. The van der Waals surface area contributed by atoms with Crippen molar-refractivity contribution in [3.63, 3.8) is 0 Å². The highest BCUT2D eigenvalue weighted by molar-refractivity contribution is 7.89. The minimum absolute atomic E-state index is 0.0124. The molecule has 0 radical (unpaired) electrons. The van der Waals surface area contributed by atoms with Crippen LogP contribution in [0.5, 0.6) is 0 Å². The van der Waals surface area contributed by atoms with Crippen LogP contribution >= 0.6 is 0 Å². The Morgan fingerprint density at radius 1 is 1.40 bits per heavy atom. The summed E-state index contributed by atoms with van der Waals surface area (Å²) in [6.07, 6.45) is 8.32. The van der Waals surface area contributed by atoms with Crippen molar-refractivity contribution in [1.82, 2.24) is 24.1 Å². The summed E-state index contributed by atoms with van der Waals surface area (Å²) in [5.74, 6) is 0.0124. The number of anilines is 1. The molecule has 0 fully saturated rings. The number of nitrogens with one attached hydrogen (secondary N) is 1. The number of hydrogen-bond acceptors (Lipinski definition) is 5. The van der Waals surface area contributed by atoms with Gasteiger partial charge in [-0.3, -0.25) is 4.68 Å². The number of nitrogens with two attached hydrogens (primary N) is 1. The van der Waals surface area contributed by atoms with Gasteiger partial charge in [0.1, 0.15) is 4.90 Å². The standard InChI is InChI=1S/C11H18N6O2S/c1-16-8-10(11(12)15-16)20(18,19)14-4-2-3-6-17-7-5-13-9-17/h5,7-9,14H,2-4,6H2,1H3,(H2,12,15). The molecule has 0 bridgehead atoms. The Morgan fingerprint density at radius 2 is 2.20 bits per heavy atom. The number of hydrogen-bond donors (Lipinski definition) is 2. The second kappa shape index (κ2) is 6.06. The van der Waals surface area contributed by atoms with Crippen molar-refractivity contribution >= 4 is 15.8 Å². The summed E-state index contributed by atoms with van der Waals surface area (Å²) in [6, 6.07) is 0. The summed E-state index contributed by atoms with van der Waals surface area (Å²) in [6.45, 7) is 1.18. The Labute approximate surface area is 117 Å². The van der Waals surface area contributed by atoms with Crippen LogP contribution in [0.1, 0.15) is 12.8 Å². The van der Waals surface area contributed by atoms with E-state index in [-0.39, 0.29) is 10.7 Å². The lowest BCUT2D eigenvalue weighted by Crippen LogP contribution is -2.25. The van der Waals surface area contributed by atoms with Gasteiger partial charge in [-0.05, 0) is 12.8 Å². The van der Waals surface area contributed by atoms with Crippen molar-refractivity contribution in [3.05, 3.63) is 24.9 Å². The maximum atomic E-state index is 12.0. The number of aromatic nitrogens is 4. The van der Waals surface area contributed by atoms with E-state index in [4.69, 9.17) is 5.73 Å². The number of rotatable bonds is 7. The van der Waals surface area contributed by atoms with E-state index >= 15 is 0 Å². The third kappa shape index (κ3) is 3.58. The Morgan fingerprint density at radius 3 is 2.80 bits per heavy atom. The zero-order chi connectivity index (χ0) is 14.6. The first-order chi connectivity index (χ1) is 9.49. The van der Waals surface area contributed by atoms with Gasteiger partial charge >= 0.3 is 0 Å². The lowest BCUT2D eigenvalue weighted by molar-refractivity contribution is 0.566. The maximum Gasteiger partial charge on any atom is 0.245 e. The average molecular weight is 298 g/mol. The van der Waals surface area contributed by atoms with Crippen LogP contribution in [-0.2, 0) is 23.6 Å². The molecular formula is C11H18N6O2S. The smallest absolute Gasteiger partial charge is 0.245 e. The van der Waals surface area contributed by atoms with Crippen LogP contribution in [-0.4, -0.2) is 34.3 Å². The second-order valence-corrected chi connectivity index (χ2v) is 6.19. The van der Waals surface area contributed by atoms with Gasteiger partial charge in [0.2, 0.25) is 10.0 Å². The number of aryl methyl sites for hydroxylation is 2. The topological polar surface area (TPSA) is 108 Å². The molecule has 0 saturated heterocycles. The summed E-state index contributed by atoms with van der Waals surface area (Å²) < 4.78 is 29.9. The molecule has 0 unspecified atom stereocenters. The lowest BCUT2D eigenvalue weighted by atomic mass is 10.3. The molecule has 9 heteroatoms. The molecule has 2 heterocycles. The molecule has 0 aromatic carbocycles. The van der Waals surface area contributed by atoms with E-state index in [1.54, 1.807) is 19.6 Å². The van der Waals surface area contributed by atoms with E-state index < -0.39 is 10.0 Å². The van der Waals surface area contributed by atoms with Gasteiger partial charge in [0.05, 0.1) is 6.33 Å². The van der Waals surface area contributed by atoms with E-state index in [9.17, 15) is 8.42 Å². The fourth-order valence-corrected chi connectivity index (χ4v) is 2.99. The Bertz CT molecular complexity index is 647. The van der Waals surface area contributed by atoms with E-state index in [0.717, 1.165) is 19.4 Å². The number of sulfonamides is 1. The molecule has 3 N–H and O–H groups in total. The molecule has 20 heavy (non-hydrogen) atoms. The largest absolute Gasteiger partial charge is 0.381 e. The number of nitrogen functional groups attached to an aromatic ring is 1. The summed E-state index contributed by atoms with van der Waals surface area (Å²) >= 11 is 0. The molecular weight excluding hydrogens is 280 g/mol. The highest BCUT2D eigenvalue weighted by Gasteiger charge is 2.19. The van der Waals surface area contributed by atoms with Crippen molar-refractivity contribution in [2.24, 2.45) is 7.05 Å². The van der Waals surface area contributed by atoms with Crippen molar-refractivity contribution < 1.29 is 8.42 Å². The minimum Gasteiger partial charge on any atom is -0.381 e. The molecule has 0 saturated carbocycles. The highest BCUT2D eigenvalue weighted by Crippen LogP contribution is 2.14. The van der Waals surface area contributed by atoms with E-state index in [1.807, 2.05) is 10.8 Å². The number of unbranched alkanes of at least 4 members (excludes halogenated alkanes) is 1. The van der Waals surface area contributed by atoms with Crippen LogP contribution in [0, 0.1) is 0 Å². The molecule has 8 nitrogen and oxygen atoms in total. The van der Waals surface area contributed by atoms with E-state index in [1.165, 1.54) is 10.9 Å². The second-order valence-electron chi connectivity index (χ2n) is 4.46. The molecule has 0 aliphatic heterocycles. The Kier molecular flexibility index (Phi) is 4.40. The minimum atomic E-state index is -3.58. The molecule has 0 atom stereocenters. The number of nitrogens with zero attached hydrogens (tertiary/aromatic N) is 4. The van der Waals surface area contributed by atoms with E-state index in [2.05, 4.69) is 14.8 Å². The van der Waals surface area contributed by atoms with Gasteiger partial charge < -0.3 is 10.3 Å². The van der Waals surface area contributed by atoms with Crippen LogP contribution in [0.15, 0.2) is 29.8 Å². The summed E-state index contributed by atoms with van der Waals surface area (Å²) in [4.78, 5) is 3.96. The average Bonchev–Trinajstić information content (AvgIpc) is 2.98. The first-order valence-corrected chi connectivity index (χ1v) is 7.72. The molecule has 2 aromatic rings. The fraction of sp³-hybridized carbons (Fsp3) is 0.455. The van der Waals surface area contributed by atoms with Gasteiger partial charge in [-0.15, -0.1) is 0 Å². The van der Waals surface area contributed by atoms with E-state index in [0.29, 0.717) is 6.54 Å². The first-order valence-electron chi connectivity index (χ1n) is 6.23. The van der Waals surface area contributed by atoms with Gasteiger partial charge in [-0.1, -0.05) is 0 Å². The predicted octanol–water partition coefficient (Wildman–Crippen LogP) is -0.0425. The predicted molar refractivity (Wildman–Crippen MR) is 74.3 cm³/mol. The van der Waals surface area contributed by atoms with Gasteiger partial charge in [0.15, 0.2) is 5.82 Å². The highest BCUT2D eigenvalue weighted by atomic mass is 32.2. The van der Waals surface area contributed by atoms with Crippen LogP contribution in [0.25, 0.3) is 0 Å². The molecule has 2 rings (SSSR count). The van der Waals surface area contributed by atoms with Crippen LogP contribution in [0.3, 0.4) is 0 Å². The monoisotopic (exact) mass is 298 g/mol. The zero-order valence-corrected chi connectivity index (χ0v) is 12.0. The van der Waals surface area contributed by atoms with Gasteiger partial charge in [-0.2, -0.15) is 5.10 Å². The third-order valence-corrected chi connectivity index (χ3v) is 4.28. The summed E-state index contributed by atoms with van der Waals surface area (Å²) in [7, 11) is -1.96. The van der Waals surface area contributed by atoms with Crippen LogP contribution in [0.4, 0.5) is 5.82 Å². The molecule has 110 valence electrons. The van der Waals surface area contributed by atoms with Crippen molar-refractivity contribution in [1.29, 1.82) is 0 Å². The SMILES string of the molecule is Cn1cc(S(=O)(=O)NCCCCn2ccnc2)c(N)n1. The molecule has 0 spiro atoms. The molecule has 0 aliphatic rings. The summed E-state index contributed by atoms with van der Waals surface area (Å²) in [5, 5.41) is 3.82. The molecule has 0 amide bonds. The van der Waals surface area contributed by atoms with Crippen molar-refractivity contribution in [2.75, 3.05) is 12.3 Å². The maximum absolute atomic E-state index is 12.0. The molecule has 0 aliphatic carbocycles. The third-order valence-electron chi connectivity index (χ3n) is 2.81. The van der Waals surface area contributed by atoms with Gasteiger partial charge in [0.25, 0.3) is 0 Å². The first kappa shape index (κ1) is 14.5. The number of imidazole rings is 1. The van der Waals surface area contributed by atoms with Crippen LogP contribution in [0.2, 0.25) is 0 Å². The molecule has 2 aromatic heterocycles. The normalized spacial score (nSPS) is 11.8. The van der Waals surface area contributed by atoms with Gasteiger partial charge in [-0.25, -0.2) is 18.1 Å².